The quantitative estimate of drug-likeness (QED) is 0.127. The number of likely N-dealkylation sites (tertiary alicyclic amines) is 1. The Labute approximate surface area is 332 Å². The first-order valence-electron chi connectivity index (χ1n) is 19.1. The number of fused-ring (bicyclic) bond motifs is 2. The van der Waals surface area contributed by atoms with Crippen molar-refractivity contribution in [2.45, 2.75) is 82.5 Å². The zero-order chi connectivity index (χ0) is 40.2. The molecule has 2 aliphatic heterocycles. The molecule has 4 heterocycles. The molecule has 6 atom stereocenters. The van der Waals surface area contributed by atoms with E-state index in [-0.39, 0.29) is 47.8 Å². The number of ether oxygens (including phenoxy) is 3. The molecule has 300 valence electrons. The number of nitrogens with zero attached hydrogens (tertiary/aromatic N) is 3. The highest BCUT2D eigenvalue weighted by atomic mass is 35.5. The minimum absolute atomic E-state index is 0.00820. The summed E-state index contributed by atoms with van der Waals surface area (Å²) in [5.74, 6) is -0.634. The van der Waals surface area contributed by atoms with Crippen molar-refractivity contribution < 1.29 is 42.1 Å². The van der Waals surface area contributed by atoms with Gasteiger partial charge in [-0.2, -0.15) is 18.2 Å². The number of hydrogen-bond donors (Lipinski definition) is 3. The third-order valence-corrected chi connectivity index (χ3v) is 12.3. The lowest BCUT2D eigenvalue weighted by Gasteiger charge is -2.27. The van der Waals surface area contributed by atoms with E-state index in [2.05, 4.69) is 15.6 Å². The van der Waals surface area contributed by atoms with Crippen LogP contribution in [0.1, 0.15) is 66.5 Å². The van der Waals surface area contributed by atoms with Crippen LogP contribution in [0, 0.1) is 11.8 Å². The van der Waals surface area contributed by atoms with E-state index in [1.807, 2.05) is 55.5 Å². The molecule has 0 bridgehead atoms. The number of pyridine rings is 2. The van der Waals surface area contributed by atoms with Gasteiger partial charge in [0.25, 0.3) is 0 Å². The monoisotopic (exact) mass is 805 g/mol. The largest absolute Gasteiger partial charge is 0.481 e. The molecule has 8 rings (SSSR count). The molecule has 2 aliphatic carbocycles. The number of halogens is 4. The summed E-state index contributed by atoms with van der Waals surface area (Å²) in [7, 11) is 2.89. The van der Waals surface area contributed by atoms with Gasteiger partial charge in [0.05, 0.1) is 24.9 Å². The van der Waals surface area contributed by atoms with Gasteiger partial charge in [-0.3, -0.25) is 14.5 Å². The number of amides is 1. The number of carboxylic acids is 1. The Hall–Kier alpha value is -4.92. The van der Waals surface area contributed by atoms with Crippen LogP contribution in [-0.2, 0) is 35.3 Å². The molecule has 57 heavy (non-hydrogen) atoms. The molecule has 1 saturated carbocycles. The predicted octanol–water partition coefficient (Wildman–Crippen LogP) is 7.23. The Balaban J connectivity index is 1.04. The fourth-order valence-electron chi connectivity index (χ4n) is 8.99. The summed E-state index contributed by atoms with van der Waals surface area (Å²) in [4.78, 5) is 34.4. The molecule has 2 aromatic carbocycles. The van der Waals surface area contributed by atoms with Crippen LogP contribution >= 0.6 is 11.6 Å². The van der Waals surface area contributed by atoms with Crippen molar-refractivity contribution in [2.75, 3.05) is 20.8 Å². The van der Waals surface area contributed by atoms with Crippen molar-refractivity contribution >= 4 is 23.5 Å². The second kappa shape index (κ2) is 15.4. The number of carbonyl (C=O) groups excluding carboxylic acids is 1. The molecule has 15 heteroatoms. The number of benzene rings is 2. The van der Waals surface area contributed by atoms with Crippen LogP contribution in [-0.4, -0.2) is 70.7 Å². The van der Waals surface area contributed by atoms with E-state index in [0.29, 0.717) is 60.9 Å². The Morgan fingerprint density at radius 3 is 2.44 bits per heavy atom. The van der Waals surface area contributed by atoms with Crippen LogP contribution in [0.15, 0.2) is 54.6 Å². The van der Waals surface area contributed by atoms with E-state index in [9.17, 15) is 27.9 Å². The van der Waals surface area contributed by atoms with E-state index in [1.165, 1.54) is 7.11 Å². The third kappa shape index (κ3) is 7.50. The summed E-state index contributed by atoms with van der Waals surface area (Å²) in [6.45, 7) is 3.12. The number of alkyl halides is 3. The molecule has 3 fully saturated rings. The molecule has 4 aromatic rings. The second-order valence-electron chi connectivity index (χ2n) is 15.3. The number of aromatic nitrogens is 2. The van der Waals surface area contributed by atoms with Crippen LogP contribution in [0.25, 0.3) is 22.4 Å². The molecular formula is C42H43ClF3N5O6. The molecule has 0 spiro atoms. The van der Waals surface area contributed by atoms with Gasteiger partial charge < -0.3 is 30.0 Å². The molecule has 3 N–H and O–H groups in total. The van der Waals surface area contributed by atoms with E-state index in [1.54, 1.807) is 12.0 Å². The lowest BCUT2D eigenvalue weighted by atomic mass is 9.94. The number of piperidine rings is 1. The van der Waals surface area contributed by atoms with Crippen molar-refractivity contribution in [1.82, 2.24) is 25.5 Å². The Bertz CT molecular complexity index is 2220. The van der Waals surface area contributed by atoms with Gasteiger partial charge in [0.2, 0.25) is 23.5 Å². The number of hydrogen-bond acceptors (Lipinski definition) is 9. The van der Waals surface area contributed by atoms with Gasteiger partial charge in [0.1, 0.15) is 17.7 Å². The summed E-state index contributed by atoms with van der Waals surface area (Å²) < 4.78 is 61.3. The van der Waals surface area contributed by atoms with Crippen LogP contribution in [0.5, 0.6) is 17.6 Å². The van der Waals surface area contributed by atoms with Crippen molar-refractivity contribution in [1.29, 1.82) is 0 Å². The first-order chi connectivity index (χ1) is 27.4. The smallest absolute Gasteiger partial charge is 0.421 e. The number of methoxy groups -OCH3 is 2. The van der Waals surface area contributed by atoms with E-state index < -0.39 is 35.7 Å². The first-order valence-corrected chi connectivity index (χ1v) is 19.5. The minimum atomic E-state index is -4.80. The molecule has 1 amide bonds. The Morgan fingerprint density at radius 2 is 1.72 bits per heavy atom. The van der Waals surface area contributed by atoms with Gasteiger partial charge in [0, 0.05) is 60.4 Å². The van der Waals surface area contributed by atoms with Crippen LogP contribution in [0.4, 0.5) is 13.2 Å². The summed E-state index contributed by atoms with van der Waals surface area (Å²) in [6, 6.07) is 15.4. The molecule has 0 unspecified atom stereocenters. The van der Waals surface area contributed by atoms with Crippen molar-refractivity contribution in [3.8, 4) is 40.0 Å². The summed E-state index contributed by atoms with van der Waals surface area (Å²) in [6.07, 6.45) is -2.80. The Morgan fingerprint density at radius 1 is 0.982 bits per heavy atom. The van der Waals surface area contributed by atoms with Gasteiger partial charge in [-0.15, -0.1) is 0 Å². The van der Waals surface area contributed by atoms with E-state index >= 15 is 0 Å². The fraction of sp³-hybridized carbons (Fsp3) is 0.429. The second-order valence-corrected chi connectivity index (χ2v) is 15.6. The van der Waals surface area contributed by atoms with E-state index in [4.69, 9.17) is 30.8 Å². The topological polar surface area (TPSA) is 135 Å². The van der Waals surface area contributed by atoms with Gasteiger partial charge in [-0.1, -0.05) is 61.0 Å². The van der Waals surface area contributed by atoms with Crippen molar-refractivity contribution in [2.24, 2.45) is 11.8 Å². The predicted molar refractivity (Wildman–Crippen MR) is 205 cm³/mol. The normalized spacial score (nSPS) is 23.9. The lowest BCUT2D eigenvalue weighted by molar-refractivity contribution is -0.143. The average molecular weight is 806 g/mol. The highest BCUT2D eigenvalue weighted by molar-refractivity contribution is 6.36. The van der Waals surface area contributed by atoms with Gasteiger partial charge in [-0.05, 0) is 66.3 Å². The highest BCUT2D eigenvalue weighted by Gasteiger charge is 2.60. The lowest BCUT2D eigenvalue weighted by Crippen LogP contribution is -2.39. The summed E-state index contributed by atoms with van der Waals surface area (Å²) >= 11 is 7.13. The zero-order valence-corrected chi connectivity index (χ0v) is 32.4. The van der Waals surface area contributed by atoms with Gasteiger partial charge in [-0.25, -0.2) is 4.98 Å². The number of rotatable bonds is 13. The molecule has 2 aromatic heterocycles. The number of carboxylic acid groups (broad SMARTS) is 1. The number of aliphatic carboxylic acids is 1. The molecule has 11 nitrogen and oxygen atoms in total. The van der Waals surface area contributed by atoms with Crippen molar-refractivity contribution in [3.05, 3.63) is 87.4 Å². The molecule has 2 saturated heterocycles. The maximum absolute atomic E-state index is 14.7. The van der Waals surface area contributed by atoms with Crippen molar-refractivity contribution in [3.63, 3.8) is 0 Å². The summed E-state index contributed by atoms with van der Waals surface area (Å²) in [5.41, 5.74) is 4.47. The average Bonchev–Trinajstić information content (AvgIpc) is 3.55. The molecule has 0 radical (unpaired) electrons. The van der Waals surface area contributed by atoms with Gasteiger partial charge in [0.15, 0.2) is 0 Å². The van der Waals surface area contributed by atoms with Crippen LogP contribution in [0.3, 0.4) is 0 Å². The zero-order valence-electron chi connectivity index (χ0n) is 31.7. The van der Waals surface area contributed by atoms with Crippen LogP contribution in [0.2, 0.25) is 5.02 Å². The number of carbonyl (C=O) groups is 2. The van der Waals surface area contributed by atoms with Crippen LogP contribution < -0.4 is 24.8 Å². The third-order valence-electron chi connectivity index (χ3n) is 11.9. The Kier molecular flexibility index (Phi) is 10.5. The standard InChI is InChI=1S/C42H43ClF3N5O6/c1-21-30-17-33(41(53)54)51(37(21)30)20-23-16-31(42(44,45)46)40(50-39(23)56-3)57-34-14-12-26-25(6-4-7-27(26)34)28-8-5-9-29(36(28)43)32-13-10-22(38(49-32)55-2)18-47-19-24-11-15-35(52)48-24/h4-10,13,16,21,24,30,33-34,37,47H,11-12,14-15,17-20H2,1-3H3,(H,48,52)(H,53,54)/t21-,24+,30+,33+,34+,37-/m1/s1. The molecule has 4 aliphatic rings. The SMILES string of the molecule is COc1nc(-c2cccc(-c3cccc4c3CC[C@@H]4Oc3nc(OC)c(CN4[C@@H]5[C@H](C)[C@@H]5C[C@H]4C(=O)O)cc3C(F)(F)F)c2Cl)ccc1CNC[C@@H]1CCC(=O)N1. The first kappa shape index (κ1) is 38.9. The van der Waals surface area contributed by atoms with Gasteiger partial charge >= 0.3 is 12.1 Å². The highest BCUT2D eigenvalue weighted by Crippen LogP contribution is 2.54. The summed E-state index contributed by atoms with van der Waals surface area (Å²) in [5, 5.41) is 16.6. The fourth-order valence-corrected chi connectivity index (χ4v) is 9.32. The minimum Gasteiger partial charge on any atom is -0.481 e. The maximum atomic E-state index is 14.7. The maximum Gasteiger partial charge on any atom is 0.421 e. The molecular weight excluding hydrogens is 763 g/mol. The van der Waals surface area contributed by atoms with E-state index in [0.717, 1.165) is 40.3 Å². The number of nitrogens with one attached hydrogen (secondary N) is 2.